The average Bonchev–Trinajstić information content (AvgIpc) is 3.64. The molecule has 3 heteroatoms. The Balaban J connectivity index is 0.988. The summed E-state index contributed by atoms with van der Waals surface area (Å²) in [6, 6.07) is 59.0. The SMILES string of the molecule is c1ccc(-n2c3ccccc3c3ccc(-c4ccc(Nc5ccc(-c6ccc7sc8ccccc8c7c6)cc5)cc4)cc32)cc1. The van der Waals surface area contributed by atoms with Gasteiger partial charge in [-0.25, -0.2) is 0 Å². The number of benzene rings is 7. The summed E-state index contributed by atoms with van der Waals surface area (Å²) < 4.78 is 5.04. The van der Waals surface area contributed by atoms with Gasteiger partial charge < -0.3 is 9.88 Å². The van der Waals surface area contributed by atoms with Crippen molar-refractivity contribution in [3.8, 4) is 27.9 Å². The van der Waals surface area contributed by atoms with Crippen LogP contribution < -0.4 is 5.32 Å². The molecule has 0 aliphatic heterocycles. The fourth-order valence-corrected chi connectivity index (χ4v) is 7.66. The summed E-state index contributed by atoms with van der Waals surface area (Å²) in [6.07, 6.45) is 0. The van der Waals surface area contributed by atoms with E-state index in [1.54, 1.807) is 0 Å². The number of hydrogen-bond donors (Lipinski definition) is 1. The number of rotatable bonds is 5. The molecule has 2 heterocycles. The number of aromatic nitrogens is 1. The third-order valence-electron chi connectivity index (χ3n) is 8.79. The molecule has 0 aliphatic carbocycles. The molecule has 0 saturated heterocycles. The minimum Gasteiger partial charge on any atom is -0.356 e. The number of fused-ring (bicyclic) bond motifs is 6. The van der Waals surface area contributed by atoms with Gasteiger partial charge >= 0.3 is 0 Å². The summed E-state index contributed by atoms with van der Waals surface area (Å²) in [5, 5.41) is 8.79. The standard InChI is InChI=1S/C42H28N2S/c1-2-8-34(9-3-1)44-39-12-6-4-10-35(39)36-24-18-31(27-40(36)44)29-16-22-33(23-17-29)43-32-20-14-28(15-21-32)30-19-25-42-38(26-30)37-11-5-7-13-41(37)45-42/h1-27,43H. The third-order valence-corrected chi connectivity index (χ3v) is 9.94. The fourth-order valence-electron chi connectivity index (χ4n) is 6.57. The van der Waals surface area contributed by atoms with Crippen LogP contribution in [0.3, 0.4) is 0 Å². The first kappa shape index (κ1) is 25.8. The van der Waals surface area contributed by atoms with Gasteiger partial charge in [-0.2, -0.15) is 0 Å². The quantitative estimate of drug-likeness (QED) is 0.210. The van der Waals surface area contributed by atoms with E-state index in [-0.39, 0.29) is 0 Å². The molecule has 0 fully saturated rings. The van der Waals surface area contributed by atoms with E-state index >= 15 is 0 Å². The summed E-state index contributed by atoms with van der Waals surface area (Å²) in [5.41, 5.74) is 10.6. The van der Waals surface area contributed by atoms with Crippen LogP contribution in [0, 0.1) is 0 Å². The number of nitrogens with zero attached hydrogens (tertiary/aromatic N) is 1. The van der Waals surface area contributed by atoms with Crippen molar-refractivity contribution in [3.63, 3.8) is 0 Å². The van der Waals surface area contributed by atoms with E-state index in [0.717, 1.165) is 11.4 Å². The molecular formula is C42H28N2S. The van der Waals surface area contributed by atoms with Crippen LogP contribution in [0.15, 0.2) is 164 Å². The van der Waals surface area contributed by atoms with Gasteiger partial charge in [0, 0.05) is 48.0 Å². The summed E-state index contributed by atoms with van der Waals surface area (Å²) in [4.78, 5) is 0. The van der Waals surface area contributed by atoms with E-state index in [2.05, 4.69) is 174 Å². The Labute approximate surface area is 265 Å². The molecule has 0 saturated carbocycles. The van der Waals surface area contributed by atoms with Crippen LogP contribution in [-0.4, -0.2) is 4.57 Å². The van der Waals surface area contributed by atoms with Crippen molar-refractivity contribution >= 4 is 64.7 Å². The van der Waals surface area contributed by atoms with Gasteiger partial charge in [0.15, 0.2) is 0 Å². The maximum absolute atomic E-state index is 3.59. The second-order valence-corrected chi connectivity index (χ2v) is 12.6. The summed E-state index contributed by atoms with van der Waals surface area (Å²) in [7, 11) is 0. The number of thiophene rings is 1. The largest absolute Gasteiger partial charge is 0.356 e. The molecule has 212 valence electrons. The van der Waals surface area contributed by atoms with Crippen LogP contribution >= 0.6 is 11.3 Å². The van der Waals surface area contributed by atoms with E-state index in [1.165, 1.54) is 69.9 Å². The van der Waals surface area contributed by atoms with Crippen molar-refractivity contribution in [2.75, 3.05) is 5.32 Å². The average molecular weight is 593 g/mol. The van der Waals surface area contributed by atoms with Crippen LogP contribution in [0.2, 0.25) is 0 Å². The highest BCUT2D eigenvalue weighted by atomic mass is 32.1. The Bertz CT molecular complexity index is 2480. The molecule has 0 amide bonds. The molecule has 45 heavy (non-hydrogen) atoms. The molecule has 9 aromatic rings. The molecule has 2 aromatic heterocycles. The van der Waals surface area contributed by atoms with Crippen molar-refractivity contribution in [2.24, 2.45) is 0 Å². The predicted molar refractivity (Wildman–Crippen MR) is 194 cm³/mol. The molecule has 1 N–H and O–H groups in total. The highest BCUT2D eigenvalue weighted by molar-refractivity contribution is 7.25. The smallest absolute Gasteiger partial charge is 0.0547 e. The molecule has 2 nitrogen and oxygen atoms in total. The minimum absolute atomic E-state index is 1.07. The summed E-state index contributed by atoms with van der Waals surface area (Å²) in [5.74, 6) is 0. The second-order valence-electron chi connectivity index (χ2n) is 11.5. The van der Waals surface area contributed by atoms with Gasteiger partial charge in [-0.05, 0) is 89.0 Å². The lowest BCUT2D eigenvalue weighted by atomic mass is 10.0. The topological polar surface area (TPSA) is 17.0 Å². The van der Waals surface area contributed by atoms with Gasteiger partial charge in [0.05, 0.1) is 11.0 Å². The molecule has 0 bridgehead atoms. The number of para-hydroxylation sites is 2. The van der Waals surface area contributed by atoms with E-state index in [1.807, 2.05) is 11.3 Å². The number of anilines is 2. The normalized spacial score (nSPS) is 11.6. The zero-order valence-corrected chi connectivity index (χ0v) is 25.3. The molecule has 0 atom stereocenters. The Morgan fingerprint density at radius 2 is 0.933 bits per heavy atom. The van der Waals surface area contributed by atoms with Crippen molar-refractivity contribution in [1.29, 1.82) is 0 Å². The zero-order valence-electron chi connectivity index (χ0n) is 24.4. The van der Waals surface area contributed by atoms with E-state index in [9.17, 15) is 0 Å². The maximum atomic E-state index is 3.59. The Morgan fingerprint density at radius 3 is 1.69 bits per heavy atom. The van der Waals surface area contributed by atoms with Crippen LogP contribution in [0.4, 0.5) is 11.4 Å². The highest BCUT2D eigenvalue weighted by Crippen LogP contribution is 2.37. The van der Waals surface area contributed by atoms with Crippen molar-refractivity contribution in [2.45, 2.75) is 0 Å². The molecule has 0 unspecified atom stereocenters. The van der Waals surface area contributed by atoms with E-state index in [0.29, 0.717) is 0 Å². The van der Waals surface area contributed by atoms with E-state index in [4.69, 9.17) is 0 Å². The first-order valence-corrected chi connectivity index (χ1v) is 16.1. The third kappa shape index (κ3) is 4.48. The van der Waals surface area contributed by atoms with Crippen LogP contribution in [0.5, 0.6) is 0 Å². The van der Waals surface area contributed by atoms with Crippen molar-refractivity contribution in [1.82, 2.24) is 4.57 Å². The molecule has 0 aliphatic rings. The van der Waals surface area contributed by atoms with Gasteiger partial charge in [0.25, 0.3) is 0 Å². The molecule has 0 spiro atoms. The van der Waals surface area contributed by atoms with Gasteiger partial charge in [-0.15, -0.1) is 11.3 Å². The first-order valence-electron chi connectivity index (χ1n) is 15.3. The lowest BCUT2D eigenvalue weighted by molar-refractivity contribution is 1.18. The summed E-state index contributed by atoms with van der Waals surface area (Å²) >= 11 is 1.86. The van der Waals surface area contributed by atoms with Gasteiger partial charge in [0.1, 0.15) is 0 Å². The Morgan fingerprint density at radius 1 is 0.378 bits per heavy atom. The number of nitrogens with one attached hydrogen (secondary N) is 1. The summed E-state index contributed by atoms with van der Waals surface area (Å²) in [6.45, 7) is 0. The second kappa shape index (κ2) is 10.5. The molecular weight excluding hydrogens is 565 g/mol. The van der Waals surface area contributed by atoms with Crippen molar-refractivity contribution < 1.29 is 0 Å². The molecule has 9 rings (SSSR count). The Hall–Kier alpha value is -5.64. The monoisotopic (exact) mass is 592 g/mol. The fraction of sp³-hybridized carbons (Fsp3) is 0. The molecule has 0 radical (unpaired) electrons. The highest BCUT2D eigenvalue weighted by Gasteiger charge is 2.13. The van der Waals surface area contributed by atoms with Gasteiger partial charge in [-0.1, -0.05) is 97.1 Å². The zero-order chi connectivity index (χ0) is 29.7. The van der Waals surface area contributed by atoms with Crippen LogP contribution in [0.1, 0.15) is 0 Å². The Kier molecular flexibility index (Phi) is 6.03. The number of hydrogen-bond acceptors (Lipinski definition) is 2. The van der Waals surface area contributed by atoms with E-state index < -0.39 is 0 Å². The molecule has 7 aromatic carbocycles. The lowest BCUT2D eigenvalue weighted by Gasteiger charge is -2.10. The van der Waals surface area contributed by atoms with Crippen LogP contribution in [-0.2, 0) is 0 Å². The van der Waals surface area contributed by atoms with Gasteiger partial charge in [-0.3, -0.25) is 0 Å². The van der Waals surface area contributed by atoms with Crippen LogP contribution in [0.25, 0.3) is 69.9 Å². The predicted octanol–water partition coefficient (Wildman–Crippen LogP) is 12.2. The first-order chi connectivity index (χ1) is 22.3. The maximum Gasteiger partial charge on any atom is 0.0547 e. The minimum atomic E-state index is 1.07. The van der Waals surface area contributed by atoms with Gasteiger partial charge in [0.2, 0.25) is 0 Å². The van der Waals surface area contributed by atoms with Crippen molar-refractivity contribution in [3.05, 3.63) is 164 Å². The lowest BCUT2D eigenvalue weighted by Crippen LogP contribution is -1.93.